The lowest BCUT2D eigenvalue weighted by Gasteiger charge is -2.59. The molecular formula is C22H27NO3. The highest BCUT2D eigenvalue weighted by Crippen LogP contribution is 2.69. The second-order valence-electron chi connectivity index (χ2n) is 9.42. The van der Waals surface area contributed by atoms with Crippen molar-refractivity contribution >= 4 is 6.08 Å². The fourth-order valence-corrected chi connectivity index (χ4v) is 7.18. The van der Waals surface area contributed by atoms with Crippen molar-refractivity contribution in [2.45, 2.75) is 64.1 Å². The number of hydrogen-bond acceptors (Lipinski definition) is 4. The molecule has 1 aromatic rings. The van der Waals surface area contributed by atoms with Gasteiger partial charge in [-0.05, 0) is 62.4 Å². The Bertz CT molecular complexity index is 835. The van der Waals surface area contributed by atoms with Crippen molar-refractivity contribution in [3.8, 4) is 12.3 Å². The molecule has 138 valence electrons. The largest absolute Gasteiger partial charge is 0.387 e. The van der Waals surface area contributed by atoms with Gasteiger partial charge in [-0.3, -0.25) is 0 Å². The number of hydrogen-bond donors (Lipinski definition) is 2. The monoisotopic (exact) mass is 353 g/mol. The summed E-state index contributed by atoms with van der Waals surface area (Å²) in [5.41, 5.74) is 0.648. The van der Waals surface area contributed by atoms with E-state index in [1.807, 2.05) is 0 Å². The van der Waals surface area contributed by atoms with Crippen LogP contribution >= 0.6 is 0 Å². The highest BCUT2D eigenvalue weighted by Gasteiger charge is 2.64. The fraction of sp³-hybridized carbons (Fsp3) is 0.682. The smallest absolute Gasteiger partial charge is 0.165 e. The topological polar surface area (TPSA) is 66.5 Å². The maximum Gasteiger partial charge on any atom is 0.165 e. The Balaban J connectivity index is 1.56. The third-order valence-corrected chi connectivity index (χ3v) is 8.83. The first-order valence-electron chi connectivity index (χ1n) is 9.89. The molecule has 0 unspecified atom stereocenters. The molecule has 3 saturated carbocycles. The summed E-state index contributed by atoms with van der Waals surface area (Å²) >= 11 is 0. The van der Waals surface area contributed by atoms with Crippen molar-refractivity contribution in [3.63, 3.8) is 0 Å². The SMILES string of the molecule is C#C[C@]1(O)CC[C@H]2[C@@H]3CCC4=Cc5oncc5[C@H](O)[C@]4(C)[C@H]3CC[C@@]21C. The molecule has 0 saturated heterocycles. The predicted octanol–water partition coefficient (Wildman–Crippen LogP) is 3.71. The molecule has 4 aliphatic rings. The van der Waals surface area contributed by atoms with Crippen LogP contribution in [0.3, 0.4) is 0 Å². The molecule has 2 N–H and O–H groups in total. The molecule has 0 amide bonds. The lowest BCUT2D eigenvalue weighted by Crippen LogP contribution is -2.55. The van der Waals surface area contributed by atoms with Crippen molar-refractivity contribution in [2.75, 3.05) is 0 Å². The third-order valence-electron chi connectivity index (χ3n) is 8.83. The summed E-state index contributed by atoms with van der Waals surface area (Å²) in [6.45, 7) is 4.42. The van der Waals surface area contributed by atoms with E-state index in [1.54, 1.807) is 6.20 Å². The van der Waals surface area contributed by atoms with Gasteiger partial charge in [0.2, 0.25) is 0 Å². The molecule has 4 aliphatic carbocycles. The summed E-state index contributed by atoms with van der Waals surface area (Å²) in [4.78, 5) is 0. The summed E-state index contributed by atoms with van der Waals surface area (Å²) in [6.07, 6.45) is 14.6. The molecule has 4 heteroatoms. The van der Waals surface area contributed by atoms with Crippen LogP contribution in [0.5, 0.6) is 0 Å². The molecule has 5 rings (SSSR count). The normalized spacial score (nSPS) is 49.3. The van der Waals surface area contributed by atoms with E-state index >= 15 is 0 Å². The lowest BCUT2D eigenvalue weighted by atomic mass is 9.46. The second kappa shape index (κ2) is 5.03. The van der Waals surface area contributed by atoms with E-state index in [0.717, 1.165) is 37.7 Å². The number of aliphatic hydroxyl groups is 2. The van der Waals surface area contributed by atoms with Crippen molar-refractivity contribution < 1.29 is 14.7 Å². The van der Waals surface area contributed by atoms with Crippen LogP contribution in [0.4, 0.5) is 0 Å². The maximum atomic E-state index is 11.3. The van der Waals surface area contributed by atoms with Crippen molar-refractivity contribution in [3.05, 3.63) is 23.1 Å². The minimum atomic E-state index is -0.980. The summed E-state index contributed by atoms with van der Waals surface area (Å²) in [6, 6.07) is 0. The molecule has 0 aliphatic heterocycles. The lowest BCUT2D eigenvalue weighted by molar-refractivity contribution is -0.120. The van der Waals surface area contributed by atoms with Crippen LogP contribution < -0.4 is 0 Å². The van der Waals surface area contributed by atoms with Gasteiger partial charge in [0.1, 0.15) is 5.60 Å². The van der Waals surface area contributed by atoms with Gasteiger partial charge in [-0.15, -0.1) is 6.42 Å². The van der Waals surface area contributed by atoms with Gasteiger partial charge >= 0.3 is 0 Å². The van der Waals surface area contributed by atoms with Gasteiger partial charge in [0.05, 0.1) is 12.3 Å². The van der Waals surface area contributed by atoms with E-state index in [2.05, 4.69) is 31.0 Å². The Morgan fingerprint density at radius 1 is 1.23 bits per heavy atom. The molecule has 26 heavy (non-hydrogen) atoms. The van der Waals surface area contributed by atoms with Crippen molar-refractivity contribution in [1.82, 2.24) is 5.16 Å². The van der Waals surface area contributed by atoms with E-state index in [0.29, 0.717) is 29.9 Å². The van der Waals surface area contributed by atoms with Crippen molar-refractivity contribution in [2.24, 2.45) is 28.6 Å². The molecule has 0 spiro atoms. The van der Waals surface area contributed by atoms with E-state index in [-0.39, 0.29) is 10.8 Å². The predicted molar refractivity (Wildman–Crippen MR) is 97.6 cm³/mol. The number of terminal acetylenes is 1. The van der Waals surface area contributed by atoms with Crippen LogP contribution in [-0.2, 0) is 0 Å². The Morgan fingerprint density at radius 3 is 2.77 bits per heavy atom. The maximum absolute atomic E-state index is 11.3. The van der Waals surface area contributed by atoms with Crippen LogP contribution in [0.2, 0.25) is 0 Å². The molecule has 0 aromatic carbocycles. The first kappa shape index (κ1) is 16.6. The summed E-state index contributed by atoms with van der Waals surface area (Å²) in [7, 11) is 0. The summed E-state index contributed by atoms with van der Waals surface area (Å²) in [5, 5.41) is 26.3. The van der Waals surface area contributed by atoms with Crippen molar-refractivity contribution in [1.29, 1.82) is 0 Å². The van der Waals surface area contributed by atoms with E-state index in [9.17, 15) is 10.2 Å². The Hall–Kier alpha value is -1.57. The zero-order chi connectivity index (χ0) is 18.3. The summed E-state index contributed by atoms with van der Waals surface area (Å²) < 4.78 is 5.34. The van der Waals surface area contributed by atoms with Gasteiger partial charge < -0.3 is 14.7 Å². The van der Waals surface area contributed by atoms with Crippen LogP contribution in [0, 0.1) is 40.9 Å². The Morgan fingerprint density at radius 2 is 2.00 bits per heavy atom. The molecule has 1 aromatic heterocycles. The zero-order valence-electron chi connectivity index (χ0n) is 15.5. The minimum absolute atomic E-state index is 0.206. The first-order chi connectivity index (χ1) is 12.3. The molecule has 3 fully saturated rings. The van der Waals surface area contributed by atoms with Crippen LogP contribution in [-0.4, -0.2) is 21.0 Å². The van der Waals surface area contributed by atoms with Gasteiger partial charge in [-0.2, -0.15) is 0 Å². The number of nitrogens with zero attached hydrogens (tertiary/aromatic N) is 1. The minimum Gasteiger partial charge on any atom is -0.387 e. The third kappa shape index (κ3) is 1.72. The zero-order valence-corrected chi connectivity index (χ0v) is 15.5. The molecule has 0 bridgehead atoms. The summed E-state index contributed by atoms with van der Waals surface area (Å²) in [5.74, 6) is 4.77. The highest BCUT2D eigenvalue weighted by molar-refractivity contribution is 5.58. The van der Waals surface area contributed by atoms with Gasteiger partial charge in [-0.1, -0.05) is 30.5 Å². The van der Waals surface area contributed by atoms with Gasteiger partial charge in [0, 0.05) is 16.4 Å². The van der Waals surface area contributed by atoms with E-state index in [4.69, 9.17) is 10.9 Å². The fourth-order valence-electron chi connectivity index (χ4n) is 7.18. The average Bonchev–Trinajstić information content (AvgIpc) is 3.20. The number of fused-ring (bicyclic) bond motifs is 6. The van der Waals surface area contributed by atoms with E-state index < -0.39 is 11.7 Å². The Kier molecular flexibility index (Phi) is 3.21. The number of rotatable bonds is 0. The average molecular weight is 353 g/mol. The van der Waals surface area contributed by atoms with Gasteiger partial charge in [-0.25, -0.2) is 0 Å². The quantitative estimate of drug-likeness (QED) is 0.698. The molecular weight excluding hydrogens is 326 g/mol. The molecule has 1 heterocycles. The molecule has 0 radical (unpaired) electrons. The Labute approximate surface area is 154 Å². The first-order valence-corrected chi connectivity index (χ1v) is 9.89. The van der Waals surface area contributed by atoms with E-state index in [1.165, 1.54) is 5.57 Å². The van der Waals surface area contributed by atoms with Crippen LogP contribution in [0.25, 0.3) is 6.08 Å². The number of aromatic nitrogens is 1. The molecule has 4 nitrogen and oxygen atoms in total. The van der Waals surface area contributed by atoms with Gasteiger partial charge in [0.15, 0.2) is 5.76 Å². The second-order valence-corrected chi connectivity index (χ2v) is 9.42. The van der Waals surface area contributed by atoms with Crippen LogP contribution in [0.15, 0.2) is 16.3 Å². The molecule has 7 atom stereocenters. The highest BCUT2D eigenvalue weighted by atomic mass is 16.5. The number of aliphatic hydroxyl groups excluding tert-OH is 1. The standard InChI is InChI=1S/C22H27NO3/c1-4-22(25)10-8-16-14-6-5-13-11-18-15(12-23-26-18)19(24)21(13,3)17(14)7-9-20(16,22)2/h1,11-12,14,16-17,19,24-25H,5-10H2,2-3H3/t14-,16-,17-,19-,20-,21-,22-/m0/s1. The van der Waals surface area contributed by atoms with Crippen LogP contribution in [0.1, 0.15) is 69.8 Å². The van der Waals surface area contributed by atoms with Gasteiger partial charge in [0.25, 0.3) is 0 Å².